The number of allylic oxidation sites excluding steroid dienone is 1. The number of aryl methyl sites for hydroxylation is 1. The number of nitrogens with one attached hydrogen (secondary N) is 1. The lowest BCUT2D eigenvalue weighted by molar-refractivity contribution is -0.337. The molecule has 9 rings (SSSR count). The number of aliphatic hydroxyl groups is 4. The van der Waals surface area contributed by atoms with E-state index >= 15 is 0 Å². The number of carboxylic acid groups (broad SMARTS) is 1. The molecule has 3 aromatic rings. The van der Waals surface area contributed by atoms with Crippen molar-refractivity contribution in [2.45, 2.75) is 86.9 Å². The van der Waals surface area contributed by atoms with Crippen LogP contribution in [0.3, 0.4) is 0 Å². The van der Waals surface area contributed by atoms with Gasteiger partial charge in [-0.3, -0.25) is 10.4 Å². The molecule has 2 bridgehead atoms. The normalized spacial score (nSPS) is 28.8. The summed E-state index contributed by atoms with van der Waals surface area (Å²) in [5, 5.41) is 88.5. The third-order valence-corrected chi connectivity index (χ3v) is 12.5. The molecule has 1 saturated heterocycles. The van der Waals surface area contributed by atoms with Gasteiger partial charge in [-0.25, -0.2) is 14.8 Å². The standard InChI is InChI=1S/C46H46N4O13/c1-2-24-17-26(19-28(51)18-24)44(13-3-4-14-44)63-39-35(61-43-45(57)15-11-30(31-22-48-23-49-31)46(58,42(45)56)40(62-43)41(54)55)21-34-37(38(39)53)32(52)20-33(60-34)25-5-8-29(9-6-25)59-16-12-27-7-10-36(47)50-27/h5-11,15,17-21,23,30,33,40,42-43,47,51-53,56-58H,2-4,12-14,16,22H2,1H3,(H,54,55). The number of benzene rings is 3. The Kier molecular flexibility index (Phi) is 10.6. The fourth-order valence-corrected chi connectivity index (χ4v) is 9.23. The van der Waals surface area contributed by atoms with E-state index in [-0.39, 0.29) is 52.4 Å². The lowest BCUT2D eigenvalue weighted by Crippen LogP contribution is -2.78. The van der Waals surface area contributed by atoms with Crippen LogP contribution in [0.2, 0.25) is 0 Å². The van der Waals surface area contributed by atoms with E-state index in [1.54, 1.807) is 48.6 Å². The van der Waals surface area contributed by atoms with Crippen molar-refractivity contribution in [3.63, 3.8) is 0 Å². The fourth-order valence-electron chi connectivity index (χ4n) is 9.23. The molecule has 2 aliphatic carbocycles. The number of nitrogens with zero attached hydrogens (tertiary/aromatic N) is 3. The number of ether oxygens (including phenoxy) is 5. The molecular formula is C46H46N4O13. The Balaban J connectivity index is 1.09. The monoisotopic (exact) mass is 862 g/mol. The highest BCUT2D eigenvalue weighted by atomic mass is 16.7. The number of aliphatic hydroxyl groups excluding tert-OH is 2. The summed E-state index contributed by atoms with van der Waals surface area (Å²) in [6.45, 7) is 2.29. The number of carbonyl (C=O) groups is 1. The fraction of sp³-hybridized carbons (Fsp3) is 0.370. The van der Waals surface area contributed by atoms with E-state index in [1.165, 1.54) is 24.6 Å². The van der Waals surface area contributed by atoms with Gasteiger partial charge in [0.1, 0.15) is 64.2 Å². The van der Waals surface area contributed by atoms with Crippen molar-refractivity contribution in [3.05, 3.63) is 101 Å². The van der Waals surface area contributed by atoms with Crippen LogP contribution in [0.15, 0.2) is 93.9 Å². The van der Waals surface area contributed by atoms with Gasteiger partial charge < -0.3 is 59.4 Å². The van der Waals surface area contributed by atoms with Gasteiger partial charge in [-0.15, -0.1) is 0 Å². The van der Waals surface area contributed by atoms with Crippen molar-refractivity contribution >= 4 is 35.3 Å². The highest BCUT2D eigenvalue weighted by molar-refractivity contribution is 6.14. The van der Waals surface area contributed by atoms with Crippen LogP contribution >= 0.6 is 0 Å². The first kappa shape index (κ1) is 41.8. The molecular weight excluding hydrogens is 817 g/mol. The number of amidine groups is 1. The van der Waals surface area contributed by atoms with Crippen LogP contribution in [0.4, 0.5) is 0 Å². The van der Waals surface area contributed by atoms with Crippen molar-refractivity contribution in [2.75, 3.05) is 13.2 Å². The zero-order chi connectivity index (χ0) is 44.3. The van der Waals surface area contributed by atoms with Crippen molar-refractivity contribution < 1.29 is 64.2 Å². The maximum atomic E-state index is 12.8. The third-order valence-electron chi connectivity index (χ3n) is 12.5. The van der Waals surface area contributed by atoms with Crippen LogP contribution in [-0.4, -0.2) is 108 Å². The minimum atomic E-state index is -2.63. The lowest BCUT2D eigenvalue weighted by atomic mass is 9.64. The smallest absolute Gasteiger partial charge is 0.336 e. The number of carboxylic acids is 1. The van der Waals surface area contributed by atoms with Crippen LogP contribution in [0.25, 0.3) is 5.76 Å². The third kappa shape index (κ3) is 7.29. The predicted molar refractivity (Wildman–Crippen MR) is 227 cm³/mol. The number of rotatable bonds is 13. The summed E-state index contributed by atoms with van der Waals surface area (Å²) in [4.78, 5) is 25.1. The Labute approximate surface area is 360 Å². The van der Waals surface area contributed by atoms with Crippen molar-refractivity contribution in [1.82, 2.24) is 0 Å². The first-order valence-electron chi connectivity index (χ1n) is 20.7. The number of aliphatic imine (C=N–C) groups is 3. The zero-order valence-corrected chi connectivity index (χ0v) is 34.0. The van der Waals surface area contributed by atoms with Crippen molar-refractivity contribution in [3.8, 4) is 34.5 Å². The predicted octanol–water partition coefficient (Wildman–Crippen LogP) is 4.98. The van der Waals surface area contributed by atoms with E-state index < -0.39 is 59.0 Å². The molecule has 17 nitrogen and oxygen atoms in total. The topological polar surface area (TPSA) is 266 Å². The van der Waals surface area contributed by atoms with Gasteiger partial charge in [0, 0.05) is 24.3 Å². The first-order chi connectivity index (χ1) is 30.2. The molecule has 3 aromatic carbocycles. The Bertz CT molecular complexity index is 2540. The molecule has 0 spiro atoms. The number of hydrogen-bond acceptors (Lipinski definition) is 15. The summed E-state index contributed by atoms with van der Waals surface area (Å²) >= 11 is 0. The van der Waals surface area contributed by atoms with Gasteiger partial charge in [0.05, 0.1) is 24.8 Å². The summed E-state index contributed by atoms with van der Waals surface area (Å²) < 4.78 is 31.3. The number of aliphatic carboxylic acids is 1. The molecule has 328 valence electrons. The molecule has 6 aliphatic rings. The van der Waals surface area contributed by atoms with Gasteiger partial charge >= 0.3 is 5.97 Å². The quantitative estimate of drug-likeness (QED) is 0.106. The molecule has 7 unspecified atom stereocenters. The molecule has 1 saturated carbocycles. The molecule has 2 fully saturated rings. The van der Waals surface area contributed by atoms with Gasteiger partial charge in [0.25, 0.3) is 0 Å². The summed E-state index contributed by atoms with van der Waals surface area (Å²) in [7, 11) is 0. The molecule has 4 aliphatic heterocycles. The van der Waals surface area contributed by atoms with Gasteiger partial charge in [0.15, 0.2) is 23.2 Å². The Morgan fingerprint density at radius 3 is 2.49 bits per heavy atom. The number of phenols is 2. The molecule has 0 amide bonds. The van der Waals surface area contributed by atoms with Gasteiger partial charge in [-0.2, -0.15) is 0 Å². The molecule has 0 aromatic heterocycles. The Hall–Kier alpha value is -6.53. The SMILES string of the molecule is CCc1cc(O)cc(C2(Oc3c(OC4OC(C(=O)O)C5(O)C(C6=NC=NC6)C=CC4(O)C5O)cc4c(c3O)C(O)=CC(c3ccc(OCCC5=NC(=N)C=C5)cc3)O4)CCCC2)c1. The maximum absolute atomic E-state index is 12.8. The number of fused-ring (bicyclic) bond motifs is 3. The summed E-state index contributed by atoms with van der Waals surface area (Å²) in [5.41, 5.74) is -3.46. The minimum absolute atomic E-state index is 0.0140. The summed E-state index contributed by atoms with van der Waals surface area (Å²) in [5.74, 6) is -3.84. The Morgan fingerprint density at radius 1 is 1.03 bits per heavy atom. The van der Waals surface area contributed by atoms with E-state index in [4.69, 9.17) is 29.1 Å². The van der Waals surface area contributed by atoms with E-state index in [0.29, 0.717) is 49.2 Å². The second-order valence-electron chi connectivity index (χ2n) is 16.4. The highest BCUT2D eigenvalue weighted by Crippen LogP contribution is 2.56. The molecule has 4 heterocycles. The van der Waals surface area contributed by atoms with Crippen LogP contribution in [0, 0.1) is 11.3 Å². The van der Waals surface area contributed by atoms with E-state index in [1.807, 2.05) is 13.0 Å². The molecule has 7 atom stereocenters. The Morgan fingerprint density at radius 2 is 1.81 bits per heavy atom. The van der Waals surface area contributed by atoms with Crippen LogP contribution in [-0.2, 0) is 21.6 Å². The van der Waals surface area contributed by atoms with Crippen LogP contribution in [0.5, 0.6) is 34.5 Å². The van der Waals surface area contributed by atoms with Crippen LogP contribution in [0.1, 0.15) is 67.4 Å². The van der Waals surface area contributed by atoms with Crippen molar-refractivity contribution in [2.24, 2.45) is 20.9 Å². The lowest BCUT2D eigenvalue weighted by Gasteiger charge is -2.55. The second-order valence-corrected chi connectivity index (χ2v) is 16.4. The molecule has 17 heteroatoms. The van der Waals surface area contributed by atoms with Gasteiger partial charge in [-0.1, -0.05) is 31.2 Å². The number of aromatic hydroxyl groups is 2. The second kappa shape index (κ2) is 16.0. The van der Waals surface area contributed by atoms with Crippen molar-refractivity contribution in [1.29, 1.82) is 5.41 Å². The minimum Gasteiger partial charge on any atom is -0.508 e. The number of hydrogen-bond donors (Lipinski definition) is 8. The highest BCUT2D eigenvalue weighted by Gasteiger charge is 2.70. The summed E-state index contributed by atoms with van der Waals surface area (Å²) in [6.07, 6.45) is 4.63. The molecule has 0 radical (unpaired) electrons. The number of phenolic OH excluding ortho intramolecular Hbond substituents is 2. The van der Waals surface area contributed by atoms with Crippen LogP contribution < -0.4 is 18.9 Å². The van der Waals surface area contributed by atoms with Gasteiger partial charge in [0.2, 0.25) is 12.0 Å². The maximum Gasteiger partial charge on any atom is 0.336 e. The molecule has 63 heavy (non-hydrogen) atoms. The average molecular weight is 863 g/mol. The van der Waals surface area contributed by atoms with Gasteiger partial charge in [-0.05, 0) is 91.3 Å². The van der Waals surface area contributed by atoms with E-state index in [2.05, 4.69) is 15.0 Å². The largest absolute Gasteiger partial charge is 0.508 e. The first-order valence-corrected chi connectivity index (χ1v) is 20.7. The zero-order valence-electron chi connectivity index (χ0n) is 34.0. The van der Waals surface area contributed by atoms with E-state index in [9.17, 15) is 40.5 Å². The summed E-state index contributed by atoms with van der Waals surface area (Å²) in [6, 6.07) is 13.4. The average Bonchev–Trinajstić information content (AvgIpc) is 4.06. The molecule has 8 N–H and O–H groups in total. The van der Waals surface area contributed by atoms with E-state index in [0.717, 1.165) is 30.2 Å².